The quantitative estimate of drug-likeness (QED) is 0.640. The van der Waals surface area contributed by atoms with Crippen LogP contribution in [0.2, 0.25) is 0 Å². The van der Waals surface area contributed by atoms with Crippen molar-refractivity contribution in [2.75, 3.05) is 0 Å². The van der Waals surface area contributed by atoms with E-state index in [9.17, 15) is 4.57 Å². The van der Waals surface area contributed by atoms with Crippen LogP contribution in [0.5, 0.6) is 5.75 Å². The second-order valence-electron chi connectivity index (χ2n) is 1.68. The third kappa shape index (κ3) is 5.09. The molecule has 0 amide bonds. The van der Waals surface area contributed by atoms with Crippen LogP contribution >= 0.6 is 8.25 Å². The summed E-state index contributed by atoms with van der Waals surface area (Å²) in [7, 11) is -2.84. The molecule has 58 valence electrons. The summed E-state index contributed by atoms with van der Waals surface area (Å²) in [6.07, 6.45) is 0. The Labute approximate surface area is 106 Å². The van der Waals surface area contributed by atoms with Gasteiger partial charge in [0.05, 0.1) is 0 Å². The summed E-state index contributed by atoms with van der Waals surface area (Å²) in [5, 5.41) is 0. The van der Waals surface area contributed by atoms with Gasteiger partial charge in [0, 0.05) is 0 Å². The standard InChI is InChI=1S/C6H7O3P.Ba.2H/c7-10(8)9-6-4-2-1-3-5-6;;;/h1-5,10H,(H,7,8);;;. The van der Waals surface area contributed by atoms with Crippen molar-refractivity contribution < 1.29 is 14.0 Å². The average Bonchev–Trinajstić information content (AvgIpc) is 1.88. The first-order valence-corrected chi connectivity index (χ1v) is 4.01. The molecule has 1 N–H and O–H groups in total. The fourth-order valence-electron chi connectivity index (χ4n) is 0.589. The predicted octanol–water partition coefficient (Wildman–Crippen LogP) is 0.531. The Morgan fingerprint density at radius 1 is 1.27 bits per heavy atom. The van der Waals surface area contributed by atoms with Gasteiger partial charge in [0.25, 0.3) is 0 Å². The first-order chi connectivity index (χ1) is 4.79. The van der Waals surface area contributed by atoms with Gasteiger partial charge in [-0.2, -0.15) is 0 Å². The van der Waals surface area contributed by atoms with Crippen LogP contribution in [-0.2, 0) is 4.57 Å². The minimum atomic E-state index is -2.84. The van der Waals surface area contributed by atoms with Crippen LogP contribution in [0.4, 0.5) is 0 Å². The van der Waals surface area contributed by atoms with Gasteiger partial charge in [0.15, 0.2) is 0 Å². The van der Waals surface area contributed by atoms with Gasteiger partial charge in [-0.25, -0.2) is 4.57 Å². The van der Waals surface area contributed by atoms with E-state index < -0.39 is 8.25 Å². The number of benzene rings is 1. The van der Waals surface area contributed by atoms with E-state index >= 15 is 0 Å². The van der Waals surface area contributed by atoms with Crippen molar-refractivity contribution in [1.82, 2.24) is 0 Å². The molecule has 1 atom stereocenters. The van der Waals surface area contributed by atoms with Gasteiger partial charge in [-0.05, 0) is 12.1 Å². The van der Waals surface area contributed by atoms with E-state index in [1.807, 2.05) is 0 Å². The van der Waals surface area contributed by atoms with Gasteiger partial charge in [-0.1, -0.05) is 18.2 Å². The number of para-hydroxylation sites is 1. The maximum atomic E-state index is 10.1. The van der Waals surface area contributed by atoms with Crippen LogP contribution in [0.25, 0.3) is 0 Å². The second-order valence-corrected chi connectivity index (χ2v) is 2.42. The zero-order valence-electron chi connectivity index (χ0n) is 5.15. The van der Waals surface area contributed by atoms with Gasteiger partial charge in [0.1, 0.15) is 5.75 Å². The van der Waals surface area contributed by atoms with Crippen LogP contribution in [0.1, 0.15) is 0 Å². The molecule has 0 fully saturated rings. The van der Waals surface area contributed by atoms with E-state index in [0.29, 0.717) is 5.75 Å². The molecule has 0 aromatic heterocycles. The molecular weight excluding hydrogens is 288 g/mol. The average molecular weight is 297 g/mol. The van der Waals surface area contributed by atoms with Crippen LogP contribution in [0.15, 0.2) is 30.3 Å². The molecule has 1 unspecified atom stereocenters. The summed E-state index contributed by atoms with van der Waals surface area (Å²) in [6, 6.07) is 8.53. The summed E-state index contributed by atoms with van der Waals surface area (Å²) >= 11 is 0. The Hall–Kier alpha value is 0.781. The minimum absolute atomic E-state index is 0. The summed E-state index contributed by atoms with van der Waals surface area (Å²) in [6.45, 7) is 0. The Bertz CT molecular complexity index is 227. The van der Waals surface area contributed by atoms with Gasteiger partial charge >= 0.3 is 57.1 Å². The third-order valence-corrected chi connectivity index (χ3v) is 1.36. The van der Waals surface area contributed by atoms with Crippen molar-refractivity contribution >= 4 is 57.1 Å². The molecule has 0 spiro atoms. The second kappa shape index (κ2) is 6.31. The van der Waals surface area contributed by atoms with Gasteiger partial charge in [-0.15, -0.1) is 0 Å². The summed E-state index contributed by atoms with van der Waals surface area (Å²) in [4.78, 5) is 8.33. The van der Waals surface area contributed by atoms with Crippen molar-refractivity contribution in [2.24, 2.45) is 0 Å². The normalized spacial score (nSPS) is 11.4. The molecule has 0 aliphatic rings. The van der Waals surface area contributed by atoms with Crippen LogP contribution in [-0.4, -0.2) is 53.8 Å². The Kier molecular flexibility index (Phi) is 6.76. The van der Waals surface area contributed by atoms with E-state index in [2.05, 4.69) is 4.52 Å². The molecule has 1 aromatic rings. The molecular formula is C6H9BaO3P. The third-order valence-electron chi connectivity index (χ3n) is 0.948. The van der Waals surface area contributed by atoms with E-state index in [-0.39, 0.29) is 48.9 Å². The van der Waals surface area contributed by atoms with Crippen LogP contribution in [0, 0.1) is 0 Å². The zero-order chi connectivity index (χ0) is 7.40. The monoisotopic (exact) mass is 298 g/mol. The molecule has 1 aromatic carbocycles. The molecule has 5 heteroatoms. The molecule has 0 saturated carbocycles. The number of rotatable bonds is 2. The van der Waals surface area contributed by atoms with E-state index in [1.165, 1.54) is 0 Å². The molecule has 3 nitrogen and oxygen atoms in total. The van der Waals surface area contributed by atoms with Gasteiger partial charge < -0.3 is 9.42 Å². The molecule has 0 aliphatic heterocycles. The Balaban J connectivity index is 0.000001000. The van der Waals surface area contributed by atoms with Crippen molar-refractivity contribution in [3.8, 4) is 5.75 Å². The van der Waals surface area contributed by atoms with Crippen molar-refractivity contribution in [3.63, 3.8) is 0 Å². The Morgan fingerprint density at radius 2 is 1.82 bits per heavy atom. The molecule has 0 bridgehead atoms. The van der Waals surface area contributed by atoms with E-state index in [1.54, 1.807) is 30.3 Å². The summed E-state index contributed by atoms with van der Waals surface area (Å²) in [5.74, 6) is 0.425. The molecule has 0 aliphatic carbocycles. The number of hydrogen-bond acceptors (Lipinski definition) is 2. The summed E-state index contributed by atoms with van der Waals surface area (Å²) in [5.41, 5.74) is 0. The molecule has 0 saturated heterocycles. The molecule has 1 rings (SSSR count). The molecule has 0 radical (unpaired) electrons. The fourth-order valence-corrected chi connectivity index (χ4v) is 0.927. The molecule has 11 heavy (non-hydrogen) atoms. The first kappa shape index (κ1) is 11.8. The van der Waals surface area contributed by atoms with Crippen molar-refractivity contribution in [2.45, 2.75) is 0 Å². The van der Waals surface area contributed by atoms with Crippen LogP contribution < -0.4 is 4.52 Å². The van der Waals surface area contributed by atoms with Crippen molar-refractivity contribution in [1.29, 1.82) is 0 Å². The summed E-state index contributed by atoms with van der Waals surface area (Å²) < 4.78 is 14.6. The first-order valence-electron chi connectivity index (χ1n) is 2.75. The van der Waals surface area contributed by atoms with E-state index in [0.717, 1.165) is 0 Å². The van der Waals surface area contributed by atoms with Crippen molar-refractivity contribution in [3.05, 3.63) is 30.3 Å². The van der Waals surface area contributed by atoms with Gasteiger partial charge in [0.2, 0.25) is 0 Å². The Morgan fingerprint density at radius 3 is 2.27 bits per heavy atom. The van der Waals surface area contributed by atoms with Gasteiger partial charge in [-0.3, -0.25) is 0 Å². The zero-order valence-corrected chi connectivity index (χ0v) is 6.15. The van der Waals surface area contributed by atoms with Crippen LogP contribution in [0.3, 0.4) is 0 Å². The SMILES string of the molecule is O=[PH](O)Oc1ccccc1.[BaH2]. The predicted molar refractivity (Wildman–Crippen MR) is 46.8 cm³/mol. The van der Waals surface area contributed by atoms with E-state index in [4.69, 9.17) is 4.89 Å². The fraction of sp³-hybridized carbons (Fsp3) is 0. The molecule has 0 heterocycles. The topological polar surface area (TPSA) is 46.5 Å². The number of hydrogen-bond donors (Lipinski definition) is 1. The maximum absolute atomic E-state index is 10.1.